The Morgan fingerprint density at radius 3 is 1.30 bits per heavy atom. The maximum atomic E-state index is 11.3. The van der Waals surface area contributed by atoms with Crippen LogP contribution in [0.2, 0.25) is 0 Å². The van der Waals surface area contributed by atoms with Gasteiger partial charge in [-0.2, -0.15) is 0 Å². The van der Waals surface area contributed by atoms with E-state index in [0.717, 1.165) is 12.2 Å². The van der Waals surface area contributed by atoms with Crippen LogP contribution in [0.5, 0.6) is 0 Å². The molecular weight excluding hydrogens is 404 g/mol. The number of rotatable bonds is 17. The molecule has 12 nitrogen and oxygen atoms in total. The van der Waals surface area contributed by atoms with E-state index in [4.69, 9.17) is 18.9 Å². The molecule has 2 N–H and O–H groups in total. The summed E-state index contributed by atoms with van der Waals surface area (Å²) in [6, 6.07) is 0. The average molecular weight is 432 g/mol. The summed E-state index contributed by atoms with van der Waals surface area (Å²) in [7, 11) is 0. The van der Waals surface area contributed by atoms with E-state index in [9.17, 15) is 19.2 Å². The number of alkyl carbamates (subject to hydrolysis) is 2. The van der Waals surface area contributed by atoms with Crippen molar-refractivity contribution in [2.24, 2.45) is 0 Å². The minimum atomic E-state index is -0.654. The fourth-order valence-corrected chi connectivity index (χ4v) is 1.54. The van der Waals surface area contributed by atoms with Crippen LogP contribution in [-0.4, -0.2) is 90.1 Å². The van der Waals surface area contributed by atoms with E-state index in [0.29, 0.717) is 0 Å². The Kier molecular flexibility index (Phi) is 17.2. The Morgan fingerprint density at radius 2 is 0.933 bits per heavy atom. The van der Waals surface area contributed by atoms with Crippen LogP contribution in [0.1, 0.15) is 0 Å². The van der Waals surface area contributed by atoms with Crippen molar-refractivity contribution in [2.75, 3.05) is 65.9 Å². The maximum absolute atomic E-state index is 11.3. The minimum Gasteiger partial charge on any atom is -0.461 e. The zero-order valence-corrected chi connectivity index (χ0v) is 16.7. The highest BCUT2D eigenvalue weighted by Crippen LogP contribution is 1.85. The Morgan fingerprint density at radius 1 is 0.567 bits per heavy atom. The number of carbonyl (C=O) groups excluding carboxylic acids is 4. The molecule has 170 valence electrons. The Bertz CT molecular complexity index is 505. The summed E-state index contributed by atoms with van der Waals surface area (Å²) < 4.78 is 29.4. The van der Waals surface area contributed by atoms with Crippen molar-refractivity contribution in [3.05, 3.63) is 25.3 Å². The topological polar surface area (TPSA) is 148 Å². The summed E-state index contributed by atoms with van der Waals surface area (Å²) in [6.07, 6.45) is 0.744. The molecule has 0 aliphatic heterocycles. The van der Waals surface area contributed by atoms with Gasteiger partial charge in [-0.3, -0.25) is 0 Å². The number of carbonyl (C=O) groups is 4. The molecule has 0 saturated heterocycles. The van der Waals surface area contributed by atoms with Gasteiger partial charge >= 0.3 is 24.1 Å². The standard InChI is InChI=1S/C18H28N2O10/c1-3-15(21)27-7-5-19-17(23)29-13-11-25-9-10-26-12-14-30-18(24)20-6-8-28-16(22)4-2/h3-4H,1-2,5-14H2,(H,19,23)(H,20,24). The smallest absolute Gasteiger partial charge is 0.407 e. The number of amides is 2. The third-order valence-electron chi connectivity index (χ3n) is 2.86. The van der Waals surface area contributed by atoms with Crippen LogP contribution in [0.25, 0.3) is 0 Å². The zero-order chi connectivity index (χ0) is 22.5. The second-order valence-corrected chi connectivity index (χ2v) is 5.09. The van der Waals surface area contributed by atoms with Crippen molar-refractivity contribution in [3.8, 4) is 0 Å². The van der Waals surface area contributed by atoms with E-state index >= 15 is 0 Å². The SMILES string of the molecule is C=CC(=O)OCCNC(=O)OCCOCCOCCOC(=O)NCCOC(=O)C=C. The second-order valence-electron chi connectivity index (χ2n) is 5.09. The monoisotopic (exact) mass is 432 g/mol. The third kappa shape index (κ3) is 18.3. The van der Waals surface area contributed by atoms with Gasteiger partial charge in [0.1, 0.15) is 26.4 Å². The lowest BCUT2D eigenvalue weighted by Crippen LogP contribution is -2.29. The average Bonchev–Trinajstić information content (AvgIpc) is 2.74. The van der Waals surface area contributed by atoms with Gasteiger partial charge in [-0.1, -0.05) is 13.2 Å². The van der Waals surface area contributed by atoms with Crippen molar-refractivity contribution in [3.63, 3.8) is 0 Å². The number of nitrogens with one attached hydrogen (secondary N) is 2. The van der Waals surface area contributed by atoms with E-state index < -0.39 is 24.1 Å². The molecule has 0 heterocycles. The lowest BCUT2D eigenvalue weighted by atomic mass is 10.6. The maximum Gasteiger partial charge on any atom is 0.407 e. The molecule has 0 spiro atoms. The van der Waals surface area contributed by atoms with Gasteiger partial charge in [-0.15, -0.1) is 0 Å². The molecule has 0 aliphatic carbocycles. The highest BCUT2D eigenvalue weighted by atomic mass is 16.6. The van der Waals surface area contributed by atoms with Crippen LogP contribution < -0.4 is 10.6 Å². The van der Waals surface area contributed by atoms with E-state index in [1.165, 1.54) is 0 Å². The van der Waals surface area contributed by atoms with Crippen molar-refractivity contribution < 1.29 is 47.6 Å². The molecule has 0 aliphatic rings. The molecule has 30 heavy (non-hydrogen) atoms. The molecule has 0 saturated carbocycles. The molecule has 0 radical (unpaired) electrons. The van der Waals surface area contributed by atoms with Crippen LogP contribution in [0, 0.1) is 0 Å². The highest BCUT2D eigenvalue weighted by Gasteiger charge is 2.03. The normalized spacial score (nSPS) is 9.73. The summed E-state index contributed by atoms with van der Waals surface area (Å²) in [6.45, 7) is 7.74. The lowest BCUT2D eigenvalue weighted by Gasteiger charge is -2.09. The first-order chi connectivity index (χ1) is 14.5. The highest BCUT2D eigenvalue weighted by molar-refractivity contribution is 5.81. The number of ether oxygens (including phenoxy) is 6. The van der Waals surface area contributed by atoms with Gasteiger partial charge in [0.25, 0.3) is 0 Å². The molecule has 0 rings (SSSR count). The van der Waals surface area contributed by atoms with Crippen LogP contribution in [-0.2, 0) is 38.0 Å². The molecule has 0 unspecified atom stereocenters. The number of hydrogen-bond donors (Lipinski definition) is 2. The summed E-state index contributed by atoms with van der Waals surface area (Å²) in [5.74, 6) is -1.14. The first-order valence-corrected chi connectivity index (χ1v) is 9.04. The van der Waals surface area contributed by atoms with Crippen LogP contribution >= 0.6 is 0 Å². The Balaban J connectivity index is 3.34. The molecular formula is C18H28N2O10. The fraction of sp³-hybridized carbons (Fsp3) is 0.556. The number of esters is 2. The van der Waals surface area contributed by atoms with Crippen molar-refractivity contribution in [2.45, 2.75) is 0 Å². The van der Waals surface area contributed by atoms with Gasteiger partial charge in [0.2, 0.25) is 0 Å². The molecule has 0 fully saturated rings. The fourth-order valence-electron chi connectivity index (χ4n) is 1.54. The zero-order valence-electron chi connectivity index (χ0n) is 16.7. The minimum absolute atomic E-state index is 0.0182. The van der Waals surface area contributed by atoms with E-state index in [2.05, 4.69) is 33.3 Å². The first kappa shape index (κ1) is 26.9. The van der Waals surface area contributed by atoms with Gasteiger partial charge in [0, 0.05) is 12.2 Å². The summed E-state index contributed by atoms with van der Waals surface area (Å²) in [4.78, 5) is 44.1. The first-order valence-electron chi connectivity index (χ1n) is 9.04. The molecule has 0 aromatic carbocycles. The second kappa shape index (κ2) is 19.2. The largest absolute Gasteiger partial charge is 0.461 e. The van der Waals surface area contributed by atoms with Gasteiger partial charge in [0.05, 0.1) is 39.5 Å². The predicted molar refractivity (Wildman–Crippen MR) is 103 cm³/mol. The van der Waals surface area contributed by atoms with Crippen LogP contribution in [0.3, 0.4) is 0 Å². The predicted octanol–water partition coefficient (Wildman–Crippen LogP) is -0.0696. The van der Waals surface area contributed by atoms with Crippen molar-refractivity contribution >= 4 is 24.1 Å². The van der Waals surface area contributed by atoms with Crippen molar-refractivity contribution in [1.82, 2.24) is 10.6 Å². The van der Waals surface area contributed by atoms with Crippen LogP contribution in [0.15, 0.2) is 25.3 Å². The Labute approximate surface area is 174 Å². The van der Waals surface area contributed by atoms with Gasteiger partial charge in [-0.25, -0.2) is 19.2 Å². The van der Waals surface area contributed by atoms with E-state index in [1.807, 2.05) is 0 Å². The molecule has 0 atom stereocenters. The van der Waals surface area contributed by atoms with Crippen molar-refractivity contribution in [1.29, 1.82) is 0 Å². The summed E-state index contributed by atoms with van der Waals surface area (Å²) in [5.41, 5.74) is 0. The Hall–Kier alpha value is -3.12. The van der Waals surface area contributed by atoms with E-state index in [1.54, 1.807) is 0 Å². The lowest BCUT2D eigenvalue weighted by molar-refractivity contribution is -0.138. The van der Waals surface area contributed by atoms with Gasteiger partial charge < -0.3 is 39.1 Å². The molecule has 2 amide bonds. The summed E-state index contributed by atoms with van der Waals surface area (Å²) in [5, 5.41) is 4.79. The molecule has 0 bridgehead atoms. The quantitative estimate of drug-likeness (QED) is 0.138. The van der Waals surface area contributed by atoms with Gasteiger partial charge in [0.15, 0.2) is 0 Å². The molecule has 0 aromatic heterocycles. The van der Waals surface area contributed by atoms with E-state index in [-0.39, 0.29) is 65.9 Å². The third-order valence-corrected chi connectivity index (χ3v) is 2.86. The summed E-state index contributed by atoms with van der Waals surface area (Å²) >= 11 is 0. The number of hydrogen-bond acceptors (Lipinski definition) is 10. The van der Waals surface area contributed by atoms with Gasteiger partial charge in [-0.05, 0) is 0 Å². The molecule has 0 aromatic rings. The van der Waals surface area contributed by atoms with Crippen LogP contribution in [0.4, 0.5) is 9.59 Å². The molecule has 12 heteroatoms.